The first-order valence-electron chi connectivity index (χ1n) is 7.44. The van der Waals surface area contributed by atoms with Gasteiger partial charge in [0.15, 0.2) is 5.76 Å². The van der Waals surface area contributed by atoms with E-state index in [1.54, 1.807) is 36.4 Å². The Hall–Kier alpha value is -3.27. The predicted molar refractivity (Wildman–Crippen MR) is 95.0 cm³/mol. The minimum absolute atomic E-state index is 0.0307. The molecule has 3 aromatic rings. The van der Waals surface area contributed by atoms with Crippen molar-refractivity contribution in [2.24, 2.45) is 0 Å². The van der Waals surface area contributed by atoms with Crippen molar-refractivity contribution in [3.8, 4) is 11.6 Å². The summed E-state index contributed by atoms with van der Waals surface area (Å²) in [5.74, 6) is 5.94. The van der Waals surface area contributed by atoms with Gasteiger partial charge < -0.3 is 20.3 Å². The minimum Gasteiger partial charge on any atom is -0.465 e. The molecule has 0 aliphatic rings. The lowest BCUT2D eigenvalue weighted by Gasteiger charge is -2.09. The van der Waals surface area contributed by atoms with Crippen LogP contribution in [-0.2, 0) is 9.53 Å². The van der Waals surface area contributed by atoms with Crippen LogP contribution < -0.4 is 11.2 Å². The Morgan fingerprint density at radius 3 is 2.81 bits per heavy atom. The van der Waals surface area contributed by atoms with Crippen molar-refractivity contribution < 1.29 is 18.7 Å². The number of amides is 1. The van der Waals surface area contributed by atoms with Gasteiger partial charge in [-0.05, 0) is 24.3 Å². The summed E-state index contributed by atoms with van der Waals surface area (Å²) >= 11 is 1.11. The molecule has 0 aliphatic carbocycles. The van der Waals surface area contributed by atoms with E-state index in [0.717, 1.165) is 11.8 Å². The molecule has 1 aromatic carbocycles. The largest absolute Gasteiger partial charge is 0.465 e. The summed E-state index contributed by atoms with van der Waals surface area (Å²) in [7, 11) is 1.28. The van der Waals surface area contributed by atoms with Gasteiger partial charge in [0.2, 0.25) is 16.9 Å². The number of nitrogens with one attached hydrogen (secondary N) is 1. The number of thioether (sulfide) groups is 1. The van der Waals surface area contributed by atoms with Crippen molar-refractivity contribution in [1.82, 2.24) is 14.9 Å². The van der Waals surface area contributed by atoms with Crippen molar-refractivity contribution in [3.05, 3.63) is 48.2 Å². The van der Waals surface area contributed by atoms with Crippen molar-refractivity contribution >= 4 is 29.3 Å². The maximum absolute atomic E-state index is 12.2. The molecule has 0 fully saturated rings. The number of nitrogens with two attached hydrogens (primary N) is 1. The number of para-hydroxylation sites is 1. The number of esters is 1. The van der Waals surface area contributed by atoms with Crippen LogP contribution in [0, 0.1) is 0 Å². The van der Waals surface area contributed by atoms with Gasteiger partial charge in [-0.2, -0.15) is 0 Å². The summed E-state index contributed by atoms with van der Waals surface area (Å²) in [5.41, 5.74) is 0.644. The number of hydrogen-bond donors (Lipinski definition) is 2. The van der Waals surface area contributed by atoms with Crippen LogP contribution in [0.15, 0.2) is 52.2 Å². The van der Waals surface area contributed by atoms with E-state index in [1.807, 2.05) is 0 Å². The van der Waals surface area contributed by atoms with E-state index in [1.165, 1.54) is 18.0 Å². The third-order valence-corrected chi connectivity index (χ3v) is 4.29. The summed E-state index contributed by atoms with van der Waals surface area (Å²) in [4.78, 5) is 23.9. The summed E-state index contributed by atoms with van der Waals surface area (Å²) in [6.45, 7) is 0. The highest BCUT2D eigenvalue weighted by Crippen LogP contribution is 2.22. The normalized spacial score (nSPS) is 10.5. The van der Waals surface area contributed by atoms with E-state index in [-0.39, 0.29) is 17.2 Å². The fraction of sp³-hybridized carbons (Fsp3) is 0.125. The number of anilines is 1. The van der Waals surface area contributed by atoms with Gasteiger partial charge >= 0.3 is 5.97 Å². The molecule has 9 nitrogen and oxygen atoms in total. The lowest BCUT2D eigenvalue weighted by Crippen LogP contribution is -2.18. The first kappa shape index (κ1) is 17.5. The number of aromatic nitrogens is 3. The Labute approximate surface area is 152 Å². The highest BCUT2D eigenvalue weighted by molar-refractivity contribution is 7.99. The zero-order valence-corrected chi connectivity index (χ0v) is 14.5. The molecule has 0 spiro atoms. The molecular weight excluding hydrogens is 358 g/mol. The Kier molecular flexibility index (Phi) is 5.23. The van der Waals surface area contributed by atoms with Gasteiger partial charge in [-0.15, -0.1) is 10.2 Å². The van der Waals surface area contributed by atoms with Crippen LogP contribution >= 0.6 is 11.8 Å². The van der Waals surface area contributed by atoms with Crippen LogP contribution in [0.25, 0.3) is 11.6 Å². The molecule has 0 radical (unpaired) electrons. The van der Waals surface area contributed by atoms with Crippen molar-refractivity contribution in [2.75, 3.05) is 24.0 Å². The number of hydrogen-bond acceptors (Lipinski definition) is 8. The summed E-state index contributed by atoms with van der Waals surface area (Å²) < 4.78 is 11.2. The molecule has 0 saturated carbocycles. The molecule has 0 saturated heterocycles. The molecule has 10 heteroatoms. The van der Waals surface area contributed by atoms with Crippen LogP contribution in [0.5, 0.6) is 0 Å². The summed E-state index contributed by atoms with van der Waals surface area (Å²) in [5, 5.41) is 10.9. The van der Waals surface area contributed by atoms with Crippen LogP contribution in [0.4, 0.5) is 5.69 Å². The molecule has 0 aliphatic heterocycles. The average molecular weight is 373 g/mol. The van der Waals surface area contributed by atoms with Gasteiger partial charge in [0.25, 0.3) is 0 Å². The number of furan rings is 1. The van der Waals surface area contributed by atoms with Crippen LogP contribution in [0.3, 0.4) is 0 Å². The van der Waals surface area contributed by atoms with Crippen molar-refractivity contribution in [2.45, 2.75) is 5.16 Å². The van der Waals surface area contributed by atoms with Crippen LogP contribution in [0.1, 0.15) is 10.4 Å². The maximum atomic E-state index is 12.2. The van der Waals surface area contributed by atoms with E-state index in [4.69, 9.17) is 15.0 Å². The van der Waals surface area contributed by atoms with Crippen molar-refractivity contribution in [1.29, 1.82) is 0 Å². The van der Waals surface area contributed by atoms with Gasteiger partial charge in [0, 0.05) is 0 Å². The maximum Gasteiger partial charge on any atom is 0.339 e. The Bertz CT molecular complexity index is 923. The number of nitrogen functional groups attached to an aromatic ring is 1. The lowest BCUT2D eigenvalue weighted by atomic mass is 10.2. The minimum atomic E-state index is -0.529. The number of nitrogens with zero attached hydrogens (tertiary/aromatic N) is 3. The van der Waals surface area contributed by atoms with E-state index >= 15 is 0 Å². The molecule has 3 rings (SSSR count). The zero-order valence-electron chi connectivity index (χ0n) is 13.7. The van der Waals surface area contributed by atoms with Crippen LogP contribution in [0.2, 0.25) is 0 Å². The standard InChI is InChI=1S/C16H15N5O4S/c1-24-15(23)10-5-2-3-6-11(10)18-13(22)9-26-16-20-19-14(21(16)17)12-7-4-8-25-12/h2-8H,9,17H2,1H3,(H,18,22). The summed E-state index contributed by atoms with van der Waals surface area (Å²) in [6.07, 6.45) is 1.50. The topological polar surface area (TPSA) is 125 Å². The number of carbonyl (C=O) groups excluding carboxylic acids is 2. The van der Waals surface area contributed by atoms with Gasteiger partial charge in [0.1, 0.15) is 0 Å². The van der Waals surface area contributed by atoms with Crippen LogP contribution in [-0.4, -0.2) is 39.6 Å². The van der Waals surface area contributed by atoms with E-state index in [9.17, 15) is 9.59 Å². The van der Waals surface area contributed by atoms with Crippen molar-refractivity contribution in [3.63, 3.8) is 0 Å². The Morgan fingerprint density at radius 1 is 1.27 bits per heavy atom. The van der Waals surface area contributed by atoms with E-state index in [2.05, 4.69) is 15.5 Å². The van der Waals surface area contributed by atoms with Gasteiger partial charge in [-0.25, -0.2) is 9.47 Å². The molecule has 134 valence electrons. The highest BCUT2D eigenvalue weighted by Gasteiger charge is 2.17. The third kappa shape index (κ3) is 3.70. The molecule has 2 aromatic heterocycles. The molecule has 3 N–H and O–H groups in total. The van der Waals surface area contributed by atoms with Gasteiger partial charge in [-0.3, -0.25) is 4.79 Å². The molecule has 1 amide bonds. The fourth-order valence-corrected chi connectivity index (χ4v) is 2.80. The second-order valence-corrected chi connectivity index (χ2v) is 5.97. The SMILES string of the molecule is COC(=O)c1ccccc1NC(=O)CSc1nnc(-c2ccco2)n1N. The predicted octanol–water partition coefficient (Wildman–Crippen LogP) is 1.77. The smallest absolute Gasteiger partial charge is 0.339 e. The Balaban J connectivity index is 1.65. The highest BCUT2D eigenvalue weighted by atomic mass is 32.2. The number of methoxy groups -OCH3 is 1. The first-order valence-corrected chi connectivity index (χ1v) is 8.43. The molecule has 0 bridgehead atoms. The molecule has 2 heterocycles. The Morgan fingerprint density at radius 2 is 2.08 bits per heavy atom. The molecule has 0 unspecified atom stereocenters. The monoisotopic (exact) mass is 373 g/mol. The van der Waals surface area contributed by atoms with E-state index in [0.29, 0.717) is 22.4 Å². The summed E-state index contributed by atoms with van der Waals surface area (Å²) in [6, 6.07) is 10.0. The second kappa shape index (κ2) is 7.74. The van der Waals surface area contributed by atoms with Gasteiger partial charge in [-0.1, -0.05) is 23.9 Å². The molecule has 0 atom stereocenters. The van der Waals surface area contributed by atoms with Gasteiger partial charge in [0.05, 0.1) is 30.4 Å². The van der Waals surface area contributed by atoms with E-state index < -0.39 is 5.97 Å². The molecule has 26 heavy (non-hydrogen) atoms. The molecular formula is C16H15N5O4S. The number of benzene rings is 1. The number of rotatable bonds is 6. The average Bonchev–Trinajstić information content (AvgIpc) is 3.29. The number of carbonyl (C=O) groups is 2. The fourth-order valence-electron chi connectivity index (χ4n) is 2.15. The lowest BCUT2D eigenvalue weighted by molar-refractivity contribution is -0.113. The second-order valence-electron chi connectivity index (χ2n) is 5.03. The first-order chi connectivity index (χ1) is 12.6. The zero-order chi connectivity index (χ0) is 18.5. The number of ether oxygens (including phenoxy) is 1. The third-order valence-electron chi connectivity index (χ3n) is 3.34. The quantitative estimate of drug-likeness (QED) is 0.380.